The lowest BCUT2D eigenvalue weighted by Gasteiger charge is -2.33. The van der Waals surface area contributed by atoms with Crippen LogP contribution in [-0.2, 0) is 16.1 Å². The third-order valence-electron chi connectivity index (χ3n) is 5.44. The molecule has 2 heterocycles. The largest absolute Gasteiger partial charge is 0.479 e. The molecule has 1 atom stereocenters. The van der Waals surface area contributed by atoms with Crippen LogP contribution in [-0.4, -0.2) is 23.1 Å². The monoisotopic (exact) mass is 431 g/mol. The second kappa shape index (κ2) is 8.70. The maximum absolute atomic E-state index is 12.9. The number of nitrogens with zero attached hydrogens (tertiary/aromatic N) is 2. The van der Waals surface area contributed by atoms with Crippen LogP contribution in [0.25, 0.3) is 6.08 Å². The number of amides is 2. The molecule has 164 valence electrons. The number of hydrogen-bond acceptors (Lipinski definition) is 5. The van der Waals surface area contributed by atoms with Crippen LogP contribution < -0.4 is 15.0 Å². The van der Waals surface area contributed by atoms with Gasteiger partial charge in [0.2, 0.25) is 5.91 Å². The molecule has 0 fully saturated rings. The summed E-state index contributed by atoms with van der Waals surface area (Å²) in [7, 11) is 0. The van der Waals surface area contributed by atoms with E-state index in [0.717, 1.165) is 22.4 Å². The Kier molecular flexibility index (Phi) is 5.81. The first-order valence-corrected chi connectivity index (χ1v) is 10.4. The van der Waals surface area contributed by atoms with Crippen molar-refractivity contribution < 1.29 is 18.8 Å². The number of aromatic nitrogens is 1. The normalized spacial score (nSPS) is 15.6. The number of carbonyl (C=O) groups is 2. The highest BCUT2D eigenvalue weighted by molar-refractivity contribution is 6.04. The van der Waals surface area contributed by atoms with E-state index in [0.29, 0.717) is 29.4 Å². The molecular formula is C25H25N3O4. The molecule has 1 aliphatic rings. The number of ether oxygens (including phenoxy) is 1. The van der Waals surface area contributed by atoms with E-state index in [9.17, 15) is 9.59 Å². The molecule has 32 heavy (non-hydrogen) atoms. The molecule has 0 spiro atoms. The lowest BCUT2D eigenvalue weighted by molar-refractivity contribution is -0.125. The van der Waals surface area contributed by atoms with Crippen LogP contribution in [0.15, 0.2) is 53.1 Å². The predicted molar refractivity (Wildman–Crippen MR) is 123 cm³/mol. The number of aryl methyl sites for hydroxylation is 3. The Labute approximate surface area is 186 Å². The summed E-state index contributed by atoms with van der Waals surface area (Å²) in [5.41, 5.74) is 4.85. The van der Waals surface area contributed by atoms with E-state index in [4.69, 9.17) is 9.26 Å². The maximum Gasteiger partial charge on any atom is 0.268 e. The van der Waals surface area contributed by atoms with Gasteiger partial charge in [-0.1, -0.05) is 35.0 Å². The van der Waals surface area contributed by atoms with Crippen LogP contribution in [0.1, 0.15) is 35.1 Å². The van der Waals surface area contributed by atoms with Gasteiger partial charge in [0.05, 0.1) is 17.9 Å². The number of fused-ring (bicyclic) bond motifs is 1. The van der Waals surface area contributed by atoms with Gasteiger partial charge in [0.1, 0.15) is 11.5 Å². The van der Waals surface area contributed by atoms with E-state index >= 15 is 0 Å². The van der Waals surface area contributed by atoms with Gasteiger partial charge in [0, 0.05) is 17.3 Å². The minimum absolute atomic E-state index is 0.166. The van der Waals surface area contributed by atoms with Crippen molar-refractivity contribution in [2.24, 2.45) is 0 Å². The molecule has 2 amide bonds. The van der Waals surface area contributed by atoms with E-state index < -0.39 is 6.10 Å². The molecular weight excluding hydrogens is 406 g/mol. The Balaban J connectivity index is 1.56. The summed E-state index contributed by atoms with van der Waals surface area (Å²) in [5.74, 6) is 0.818. The first-order valence-electron chi connectivity index (χ1n) is 10.4. The van der Waals surface area contributed by atoms with E-state index in [1.165, 1.54) is 6.08 Å². The third-order valence-corrected chi connectivity index (χ3v) is 5.44. The van der Waals surface area contributed by atoms with Gasteiger partial charge < -0.3 is 19.5 Å². The smallest absolute Gasteiger partial charge is 0.268 e. The number of carbonyl (C=O) groups excluding carboxylic acids is 2. The highest BCUT2D eigenvalue weighted by atomic mass is 16.5. The van der Waals surface area contributed by atoms with Crippen LogP contribution >= 0.6 is 0 Å². The predicted octanol–water partition coefficient (Wildman–Crippen LogP) is 4.57. The van der Waals surface area contributed by atoms with E-state index in [-0.39, 0.29) is 11.8 Å². The molecule has 4 rings (SSSR count). The molecule has 0 saturated heterocycles. The van der Waals surface area contributed by atoms with E-state index in [2.05, 4.69) is 10.5 Å². The van der Waals surface area contributed by atoms with Crippen LogP contribution in [0, 0.1) is 20.8 Å². The molecule has 0 aliphatic carbocycles. The molecule has 0 bridgehead atoms. The Bertz CT molecular complexity index is 1170. The van der Waals surface area contributed by atoms with Crippen molar-refractivity contribution in [1.82, 2.24) is 5.16 Å². The van der Waals surface area contributed by atoms with E-state index in [1.54, 1.807) is 36.1 Å². The van der Waals surface area contributed by atoms with Crippen LogP contribution in [0.3, 0.4) is 0 Å². The molecule has 2 aromatic carbocycles. The van der Waals surface area contributed by atoms with Crippen molar-refractivity contribution in [2.45, 2.75) is 40.3 Å². The van der Waals surface area contributed by atoms with Gasteiger partial charge in [-0.25, -0.2) is 0 Å². The van der Waals surface area contributed by atoms with Crippen molar-refractivity contribution in [2.75, 3.05) is 10.2 Å². The van der Waals surface area contributed by atoms with Gasteiger partial charge in [0.25, 0.3) is 5.91 Å². The van der Waals surface area contributed by atoms with Crippen molar-refractivity contribution >= 4 is 29.3 Å². The molecule has 0 saturated carbocycles. The number of anilines is 2. The molecule has 1 N–H and O–H groups in total. The molecule has 7 nitrogen and oxygen atoms in total. The molecule has 1 aromatic heterocycles. The lowest BCUT2D eigenvalue weighted by atomic mass is 10.1. The van der Waals surface area contributed by atoms with Crippen molar-refractivity contribution in [1.29, 1.82) is 0 Å². The Morgan fingerprint density at radius 3 is 2.59 bits per heavy atom. The van der Waals surface area contributed by atoms with Gasteiger partial charge in [-0.15, -0.1) is 0 Å². The van der Waals surface area contributed by atoms with Gasteiger partial charge >= 0.3 is 0 Å². The Morgan fingerprint density at radius 1 is 1.16 bits per heavy atom. The van der Waals surface area contributed by atoms with Crippen LogP contribution in [0.5, 0.6) is 5.75 Å². The minimum Gasteiger partial charge on any atom is -0.479 e. The average molecular weight is 431 g/mol. The first-order chi connectivity index (χ1) is 15.3. The number of rotatable bonds is 5. The molecule has 3 aromatic rings. The summed E-state index contributed by atoms with van der Waals surface area (Å²) in [5, 5.41) is 6.83. The topological polar surface area (TPSA) is 84.7 Å². The molecule has 0 radical (unpaired) electrons. The second-order valence-corrected chi connectivity index (χ2v) is 7.90. The maximum atomic E-state index is 12.9. The minimum atomic E-state index is -0.610. The highest BCUT2D eigenvalue weighted by Crippen LogP contribution is 2.37. The Hall–Kier alpha value is -3.87. The second-order valence-electron chi connectivity index (χ2n) is 7.90. The summed E-state index contributed by atoms with van der Waals surface area (Å²) >= 11 is 0. The Morgan fingerprint density at radius 2 is 1.91 bits per heavy atom. The van der Waals surface area contributed by atoms with Gasteiger partial charge in [-0.05, 0) is 57.5 Å². The highest BCUT2D eigenvalue weighted by Gasteiger charge is 2.33. The van der Waals surface area contributed by atoms with Crippen molar-refractivity contribution in [3.63, 3.8) is 0 Å². The van der Waals surface area contributed by atoms with Gasteiger partial charge in [-0.3, -0.25) is 9.59 Å². The first kappa shape index (κ1) is 21.4. The average Bonchev–Trinajstić information content (AvgIpc) is 3.08. The number of benzene rings is 2. The van der Waals surface area contributed by atoms with Crippen LogP contribution in [0.2, 0.25) is 0 Å². The summed E-state index contributed by atoms with van der Waals surface area (Å²) in [6.45, 7) is 7.71. The summed E-state index contributed by atoms with van der Waals surface area (Å²) in [6, 6.07) is 13.2. The quantitative estimate of drug-likeness (QED) is 0.599. The van der Waals surface area contributed by atoms with Gasteiger partial charge in [0.15, 0.2) is 6.10 Å². The lowest BCUT2D eigenvalue weighted by Crippen LogP contribution is -2.44. The molecule has 7 heteroatoms. The van der Waals surface area contributed by atoms with Crippen LogP contribution in [0.4, 0.5) is 11.4 Å². The fourth-order valence-corrected chi connectivity index (χ4v) is 3.57. The summed E-state index contributed by atoms with van der Waals surface area (Å²) in [6.07, 6.45) is 2.63. The zero-order valence-corrected chi connectivity index (χ0v) is 18.5. The number of hydrogen-bond donors (Lipinski definition) is 1. The van der Waals surface area contributed by atoms with Crippen molar-refractivity contribution in [3.8, 4) is 5.75 Å². The SMILES string of the molecule is Cc1ccc(/C=C/C(=O)Nc2ccc3c(c2)N(Cc2c(C)noc2C)C(=O)C(C)O3)cc1. The third kappa shape index (κ3) is 4.42. The molecule has 1 unspecified atom stereocenters. The summed E-state index contributed by atoms with van der Waals surface area (Å²) < 4.78 is 11.0. The van der Waals surface area contributed by atoms with E-state index in [1.807, 2.05) is 45.0 Å². The zero-order chi connectivity index (χ0) is 22.8. The number of nitrogens with one attached hydrogen (secondary N) is 1. The van der Waals surface area contributed by atoms with Crippen molar-refractivity contribution in [3.05, 3.63) is 76.7 Å². The zero-order valence-electron chi connectivity index (χ0n) is 18.5. The molecule has 1 aliphatic heterocycles. The standard InChI is InChI=1S/C25H25N3O4/c1-15-5-7-19(8-6-15)9-12-24(29)26-20-10-11-23-22(13-20)28(25(30)18(4)31-23)14-21-16(2)27-32-17(21)3/h5-13,18H,14H2,1-4H3,(H,26,29)/b12-9+. The fraction of sp³-hybridized carbons (Fsp3) is 0.240. The van der Waals surface area contributed by atoms with Gasteiger partial charge in [-0.2, -0.15) is 0 Å². The fourth-order valence-electron chi connectivity index (χ4n) is 3.57. The summed E-state index contributed by atoms with van der Waals surface area (Å²) in [4.78, 5) is 27.0.